The highest BCUT2D eigenvalue weighted by atomic mass is 16.5. The van der Waals surface area contributed by atoms with E-state index in [-0.39, 0.29) is 11.8 Å². The van der Waals surface area contributed by atoms with Crippen molar-refractivity contribution in [3.8, 4) is 0 Å². The van der Waals surface area contributed by atoms with Crippen LogP contribution in [0.5, 0.6) is 0 Å². The summed E-state index contributed by atoms with van der Waals surface area (Å²) in [5, 5.41) is 10.0. The van der Waals surface area contributed by atoms with Crippen molar-refractivity contribution in [1.29, 1.82) is 0 Å². The van der Waals surface area contributed by atoms with Gasteiger partial charge < -0.3 is 4.74 Å². The van der Waals surface area contributed by atoms with Gasteiger partial charge in [0.2, 0.25) is 18.0 Å². The number of benzene rings is 1. The normalized spacial score (nSPS) is 16.7. The van der Waals surface area contributed by atoms with Crippen LogP contribution in [-0.4, -0.2) is 36.4 Å². The number of nitrogens with zero attached hydrogens (tertiary/aromatic N) is 6. The number of aryl methyl sites for hydroxylation is 3. The Hall–Kier alpha value is -3.29. The van der Waals surface area contributed by atoms with Gasteiger partial charge in [0, 0.05) is 23.9 Å². The predicted molar refractivity (Wildman–Crippen MR) is 94.3 cm³/mol. The van der Waals surface area contributed by atoms with E-state index in [9.17, 15) is 4.79 Å². The Balaban J connectivity index is 1.73. The van der Waals surface area contributed by atoms with E-state index in [4.69, 9.17) is 4.74 Å². The first-order chi connectivity index (χ1) is 12.4. The van der Waals surface area contributed by atoms with E-state index >= 15 is 0 Å². The predicted octanol–water partition coefficient (Wildman–Crippen LogP) is 2.29. The molecule has 4 rings (SSSR count). The molecular weight excluding hydrogens is 332 g/mol. The Morgan fingerprint density at radius 3 is 2.54 bits per heavy atom. The minimum atomic E-state index is -0.634. The first kappa shape index (κ1) is 16.2. The summed E-state index contributed by atoms with van der Waals surface area (Å²) >= 11 is 0. The van der Waals surface area contributed by atoms with Crippen LogP contribution in [0.3, 0.4) is 0 Å². The number of amides is 1. The number of carbonyl (C=O) groups is 1. The highest BCUT2D eigenvalue weighted by molar-refractivity contribution is 5.93. The lowest BCUT2D eigenvalue weighted by molar-refractivity contribution is -0.135. The molecule has 132 valence electrons. The molecule has 8 heteroatoms. The summed E-state index contributed by atoms with van der Waals surface area (Å²) in [5.74, 6) is 0.747. The lowest BCUT2D eigenvalue weighted by atomic mass is 10.1. The van der Waals surface area contributed by atoms with E-state index in [0.29, 0.717) is 11.6 Å². The van der Waals surface area contributed by atoms with Gasteiger partial charge in [-0.1, -0.05) is 29.8 Å². The maximum atomic E-state index is 12.0. The fourth-order valence-corrected chi connectivity index (χ4v) is 2.86. The molecule has 1 aliphatic rings. The monoisotopic (exact) mass is 350 g/mol. The van der Waals surface area contributed by atoms with Crippen LogP contribution in [0.2, 0.25) is 0 Å². The average molecular weight is 350 g/mol. The standard InChI is InChI=1S/C18H18N6O2/c1-10-5-7-14(8-6-10)17-24(13(4)25)22-16(26-17)15-20-18-19-11(2)9-12(3)23(18)21-15/h5-9,17H,1-4H3/t17-/m0/s1. The van der Waals surface area contributed by atoms with Crippen molar-refractivity contribution >= 4 is 17.6 Å². The summed E-state index contributed by atoms with van der Waals surface area (Å²) in [7, 11) is 0. The third kappa shape index (κ3) is 2.69. The van der Waals surface area contributed by atoms with Gasteiger partial charge in [-0.25, -0.2) is 9.50 Å². The third-order valence-electron chi connectivity index (χ3n) is 4.14. The molecule has 0 radical (unpaired) electrons. The summed E-state index contributed by atoms with van der Waals surface area (Å²) in [4.78, 5) is 20.8. The van der Waals surface area contributed by atoms with E-state index in [1.165, 1.54) is 11.9 Å². The molecule has 1 atom stereocenters. The van der Waals surface area contributed by atoms with E-state index in [1.807, 2.05) is 51.1 Å². The smallest absolute Gasteiger partial charge is 0.281 e. The minimum Gasteiger partial charge on any atom is -0.443 e. The molecule has 0 fully saturated rings. The van der Waals surface area contributed by atoms with E-state index < -0.39 is 6.23 Å². The zero-order valence-corrected chi connectivity index (χ0v) is 15.0. The van der Waals surface area contributed by atoms with Crippen LogP contribution in [0.25, 0.3) is 5.78 Å². The van der Waals surface area contributed by atoms with Crippen molar-refractivity contribution in [2.24, 2.45) is 5.10 Å². The molecular formula is C18H18N6O2. The van der Waals surface area contributed by atoms with Crippen molar-refractivity contribution in [2.45, 2.75) is 33.9 Å². The highest BCUT2D eigenvalue weighted by Crippen LogP contribution is 2.29. The molecule has 3 heterocycles. The summed E-state index contributed by atoms with van der Waals surface area (Å²) < 4.78 is 7.57. The number of hydrogen-bond acceptors (Lipinski definition) is 6. The van der Waals surface area contributed by atoms with E-state index in [0.717, 1.165) is 22.5 Å². The molecule has 1 amide bonds. The van der Waals surface area contributed by atoms with Gasteiger partial charge in [0.1, 0.15) is 0 Å². The lowest BCUT2D eigenvalue weighted by Gasteiger charge is -2.19. The van der Waals surface area contributed by atoms with Crippen molar-refractivity contribution < 1.29 is 9.53 Å². The first-order valence-corrected chi connectivity index (χ1v) is 8.25. The van der Waals surface area contributed by atoms with Gasteiger partial charge in [-0.2, -0.15) is 9.99 Å². The van der Waals surface area contributed by atoms with Crippen LogP contribution < -0.4 is 0 Å². The van der Waals surface area contributed by atoms with Crippen molar-refractivity contribution in [2.75, 3.05) is 0 Å². The topological polar surface area (TPSA) is 85.0 Å². The van der Waals surface area contributed by atoms with Gasteiger partial charge in [-0.15, -0.1) is 10.2 Å². The zero-order valence-electron chi connectivity index (χ0n) is 15.0. The minimum absolute atomic E-state index is 0.202. The van der Waals surface area contributed by atoms with E-state index in [1.54, 1.807) is 4.52 Å². The maximum absolute atomic E-state index is 12.0. The van der Waals surface area contributed by atoms with Gasteiger partial charge in [0.05, 0.1) is 0 Å². The van der Waals surface area contributed by atoms with Gasteiger partial charge in [0.25, 0.3) is 11.7 Å². The SMILES string of the molecule is CC(=O)N1N=C(c2nc3nc(C)cc(C)n3n2)O[C@H]1c1ccc(C)cc1. The average Bonchev–Trinajstić information content (AvgIpc) is 3.19. The second-order valence-electron chi connectivity index (χ2n) is 6.34. The number of rotatable bonds is 2. The molecule has 8 nitrogen and oxygen atoms in total. The second-order valence-corrected chi connectivity index (χ2v) is 6.34. The zero-order chi connectivity index (χ0) is 18.4. The largest absolute Gasteiger partial charge is 0.443 e. The van der Waals surface area contributed by atoms with Crippen molar-refractivity contribution in [3.63, 3.8) is 0 Å². The Kier molecular flexibility index (Phi) is 3.68. The molecule has 1 aliphatic heterocycles. The summed E-state index contributed by atoms with van der Waals surface area (Å²) in [6, 6.07) is 9.68. The number of carbonyl (C=O) groups excluding carboxylic acids is 1. The molecule has 0 aliphatic carbocycles. The van der Waals surface area contributed by atoms with Gasteiger partial charge in [-0.3, -0.25) is 4.79 Å². The van der Waals surface area contributed by atoms with Gasteiger partial charge in [0.15, 0.2) is 0 Å². The van der Waals surface area contributed by atoms with E-state index in [2.05, 4.69) is 20.2 Å². The number of hydrogen-bond donors (Lipinski definition) is 0. The Labute approximate surface area is 150 Å². The molecule has 0 spiro atoms. The van der Waals surface area contributed by atoms with Crippen LogP contribution >= 0.6 is 0 Å². The van der Waals surface area contributed by atoms with Gasteiger partial charge in [-0.05, 0) is 26.8 Å². The number of hydrazone groups is 1. The fraction of sp³-hybridized carbons (Fsp3) is 0.278. The van der Waals surface area contributed by atoms with Crippen LogP contribution in [0.15, 0.2) is 35.4 Å². The van der Waals surface area contributed by atoms with Crippen LogP contribution in [0.1, 0.15) is 41.5 Å². The first-order valence-electron chi connectivity index (χ1n) is 8.25. The van der Waals surface area contributed by atoms with Crippen molar-refractivity contribution in [3.05, 3.63) is 58.7 Å². The summed E-state index contributed by atoms with van der Waals surface area (Å²) in [5.41, 5.74) is 3.72. The van der Waals surface area contributed by atoms with Crippen molar-refractivity contribution in [1.82, 2.24) is 24.6 Å². The number of ether oxygens (including phenoxy) is 1. The fourth-order valence-electron chi connectivity index (χ4n) is 2.86. The van der Waals surface area contributed by atoms with Crippen LogP contribution in [0, 0.1) is 20.8 Å². The lowest BCUT2D eigenvalue weighted by Crippen LogP contribution is -2.25. The van der Waals surface area contributed by atoms with Crippen LogP contribution in [0.4, 0.5) is 0 Å². The molecule has 3 aromatic rings. The number of fused-ring (bicyclic) bond motifs is 1. The quantitative estimate of drug-likeness (QED) is 0.708. The molecule has 0 bridgehead atoms. The second kappa shape index (κ2) is 5.91. The molecule has 1 aromatic carbocycles. The summed E-state index contributed by atoms with van der Waals surface area (Å²) in [6.07, 6.45) is -0.634. The molecule has 0 N–H and O–H groups in total. The molecule has 0 saturated heterocycles. The molecule has 0 unspecified atom stereocenters. The highest BCUT2D eigenvalue weighted by Gasteiger charge is 2.34. The molecule has 2 aromatic heterocycles. The molecule has 0 saturated carbocycles. The Bertz CT molecular complexity index is 1040. The Morgan fingerprint density at radius 2 is 1.85 bits per heavy atom. The van der Waals surface area contributed by atoms with Crippen LogP contribution in [-0.2, 0) is 9.53 Å². The third-order valence-corrected chi connectivity index (χ3v) is 4.14. The number of aromatic nitrogens is 4. The van der Waals surface area contributed by atoms with Gasteiger partial charge >= 0.3 is 0 Å². The Morgan fingerprint density at radius 1 is 1.12 bits per heavy atom. The molecule has 26 heavy (non-hydrogen) atoms. The maximum Gasteiger partial charge on any atom is 0.281 e. The summed E-state index contributed by atoms with van der Waals surface area (Å²) in [6.45, 7) is 7.27.